The molecule has 0 aromatic heterocycles. The van der Waals surface area contributed by atoms with Crippen LogP contribution in [0.4, 0.5) is 0 Å². The lowest BCUT2D eigenvalue weighted by Crippen LogP contribution is -2.17. The minimum Gasteiger partial charge on any atom is -0.466 e. The van der Waals surface area contributed by atoms with Crippen LogP contribution in [0.3, 0.4) is 0 Å². The maximum atomic E-state index is 11.3. The number of esters is 2. The van der Waals surface area contributed by atoms with E-state index >= 15 is 0 Å². The minimum absolute atomic E-state index is 0.0286. The van der Waals surface area contributed by atoms with E-state index in [9.17, 15) is 9.59 Å². The Balaban J connectivity index is 3.67. The molecule has 0 aromatic carbocycles. The molecule has 0 heterocycles. The third kappa shape index (κ3) is 7.26. The Hall–Kier alpha value is -1.06. The van der Waals surface area contributed by atoms with Gasteiger partial charge in [0.1, 0.15) is 6.10 Å². The Labute approximate surface area is 97.3 Å². The summed E-state index contributed by atoms with van der Waals surface area (Å²) in [7, 11) is 0. The van der Waals surface area contributed by atoms with E-state index in [0.717, 1.165) is 19.3 Å². The Morgan fingerprint density at radius 2 is 1.56 bits per heavy atom. The molecule has 4 heteroatoms. The molecular formula is C12H22O4. The largest absolute Gasteiger partial charge is 0.466 e. The number of carbonyl (C=O) groups is 2. The second kappa shape index (κ2) is 9.19. The molecule has 4 nitrogen and oxygen atoms in total. The van der Waals surface area contributed by atoms with E-state index in [0.29, 0.717) is 6.61 Å². The van der Waals surface area contributed by atoms with Gasteiger partial charge < -0.3 is 9.47 Å². The van der Waals surface area contributed by atoms with Gasteiger partial charge in [-0.1, -0.05) is 20.8 Å². The molecule has 0 aliphatic heterocycles. The van der Waals surface area contributed by atoms with Crippen molar-refractivity contribution in [2.45, 2.75) is 59.0 Å². The summed E-state index contributed by atoms with van der Waals surface area (Å²) in [5.41, 5.74) is 0. The predicted octanol–water partition coefficient (Wildman–Crippen LogP) is 2.45. The van der Waals surface area contributed by atoms with Crippen molar-refractivity contribution in [1.29, 1.82) is 0 Å². The molecule has 0 fully saturated rings. The average Bonchev–Trinajstić information content (AvgIpc) is 2.30. The third-order valence-electron chi connectivity index (χ3n) is 2.21. The molecule has 0 saturated heterocycles. The summed E-state index contributed by atoms with van der Waals surface area (Å²) in [6.45, 7) is 6.28. The highest BCUT2D eigenvalue weighted by atomic mass is 16.5. The summed E-state index contributed by atoms with van der Waals surface area (Å²) in [5, 5.41) is 0. The van der Waals surface area contributed by atoms with E-state index in [1.807, 2.05) is 20.8 Å². The summed E-state index contributed by atoms with van der Waals surface area (Å²) >= 11 is 0. The maximum Gasteiger partial charge on any atom is 0.306 e. The Bertz CT molecular complexity index is 209. The van der Waals surface area contributed by atoms with Crippen LogP contribution in [0.1, 0.15) is 52.9 Å². The molecule has 0 radical (unpaired) electrons. The van der Waals surface area contributed by atoms with Crippen molar-refractivity contribution in [2.75, 3.05) is 6.61 Å². The van der Waals surface area contributed by atoms with Crippen LogP contribution in [0, 0.1) is 0 Å². The lowest BCUT2D eigenvalue weighted by Gasteiger charge is -2.13. The standard InChI is InChI=1S/C12H22O4/c1-4-9-15-11(13)7-8-12(14)16-10(5-2)6-3/h10H,4-9H2,1-3H3. The lowest BCUT2D eigenvalue weighted by atomic mass is 10.2. The van der Waals surface area contributed by atoms with Gasteiger partial charge in [0.05, 0.1) is 19.4 Å². The maximum absolute atomic E-state index is 11.3. The zero-order valence-corrected chi connectivity index (χ0v) is 10.5. The van der Waals surface area contributed by atoms with E-state index in [4.69, 9.17) is 9.47 Å². The van der Waals surface area contributed by atoms with Gasteiger partial charge in [0, 0.05) is 0 Å². The summed E-state index contributed by atoms with van der Waals surface area (Å²) < 4.78 is 10.0. The molecule has 0 spiro atoms. The van der Waals surface area contributed by atoms with Crippen LogP contribution in [0.25, 0.3) is 0 Å². The van der Waals surface area contributed by atoms with Crippen molar-refractivity contribution in [3.63, 3.8) is 0 Å². The summed E-state index contributed by atoms with van der Waals surface area (Å²) in [6.07, 6.45) is 2.60. The highest BCUT2D eigenvalue weighted by molar-refractivity contribution is 5.77. The van der Waals surface area contributed by atoms with Crippen LogP contribution in [-0.4, -0.2) is 24.6 Å². The summed E-state index contributed by atoms with van der Waals surface area (Å²) in [5.74, 6) is -0.648. The van der Waals surface area contributed by atoms with Crippen molar-refractivity contribution in [1.82, 2.24) is 0 Å². The van der Waals surface area contributed by atoms with Gasteiger partial charge in [-0.2, -0.15) is 0 Å². The highest BCUT2D eigenvalue weighted by Gasteiger charge is 2.12. The van der Waals surface area contributed by atoms with Crippen LogP contribution < -0.4 is 0 Å². The van der Waals surface area contributed by atoms with Crippen molar-refractivity contribution >= 4 is 11.9 Å². The highest BCUT2D eigenvalue weighted by Crippen LogP contribution is 2.06. The van der Waals surface area contributed by atoms with Crippen molar-refractivity contribution in [3.8, 4) is 0 Å². The lowest BCUT2D eigenvalue weighted by molar-refractivity contribution is -0.153. The van der Waals surface area contributed by atoms with Gasteiger partial charge in [0.2, 0.25) is 0 Å². The van der Waals surface area contributed by atoms with Gasteiger partial charge in [-0.25, -0.2) is 0 Å². The molecule has 0 aliphatic carbocycles. The molecule has 0 aromatic rings. The van der Waals surface area contributed by atoms with Gasteiger partial charge in [0.15, 0.2) is 0 Å². The van der Waals surface area contributed by atoms with E-state index in [-0.39, 0.29) is 30.9 Å². The van der Waals surface area contributed by atoms with Gasteiger partial charge in [0.25, 0.3) is 0 Å². The molecule has 0 N–H and O–H groups in total. The molecular weight excluding hydrogens is 208 g/mol. The normalized spacial score (nSPS) is 10.2. The quantitative estimate of drug-likeness (QED) is 0.601. The second-order valence-electron chi connectivity index (χ2n) is 3.65. The fourth-order valence-electron chi connectivity index (χ4n) is 1.19. The molecule has 94 valence electrons. The molecule has 0 saturated carbocycles. The summed E-state index contributed by atoms with van der Waals surface area (Å²) in [6, 6.07) is 0. The molecule has 0 aliphatic rings. The first-order chi connectivity index (χ1) is 7.63. The van der Waals surface area contributed by atoms with Gasteiger partial charge >= 0.3 is 11.9 Å². The van der Waals surface area contributed by atoms with Crippen molar-refractivity contribution < 1.29 is 19.1 Å². The van der Waals surface area contributed by atoms with Crippen LogP contribution in [0.2, 0.25) is 0 Å². The first-order valence-corrected chi connectivity index (χ1v) is 5.99. The number of carbonyl (C=O) groups excluding carboxylic acids is 2. The number of hydrogen-bond donors (Lipinski definition) is 0. The van der Waals surface area contributed by atoms with Gasteiger partial charge in [-0.15, -0.1) is 0 Å². The average molecular weight is 230 g/mol. The van der Waals surface area contributed by atoms with E-state index in [1.165, 1.54) is 0 Å². The number of rotatable bonds is 8. The first kappa shape index (κ1) is 14.9. The summed E-state index contributed by atoms with van der Waals surface area (Å²) in [4.78, 5) is 22.4. The molecule has 0 bridgehead atoms. The fraction of sp³-hybridized carbons (Fsp3) is 0.833. The van der Waals surface area contributed by atoms with Crippen molar-refractivity contribution in [2.24, 2.45) is 0 Å². The Morgan fingerprint density at radius 1 is 1.00 bits per heavy atom. The SMILES string of the molecule is CCCOC(=O)CCC(=O)OC(CC)CC. The molecule has 0 rings (SSSR count). The molecule has 0 atom stereocenters. The first-order valence-electron chi connectivity index (χ1n) is 5.99. The van der Waals surface area contributed by atoms with E-state index < -0.39 is 0 Å². The third-order valence-corrected chi connectivity index (χ3v) is 2.21. The zero-order chi connectivity index (χ0) is 12.4. The van der Waals surface area contributed by atoms with Gasteiger partial charge in [-0.3, -0.25) is 9.59 Å². The topological polar surface area (TPSA) is 52.6 Å². The number of hydrogen-bond acceptors (Lipinski definition) is 4. The zero-order valence-electron chi connectivity index (χ0n) is 10.5. The smallest absolute Gasteiger partial charge is 0.306 e. The molecule has 0 unspecified atom stereocenters. The Kier molecular flexibility index (Phi) is 8.58. The van der Waals surface area contributed by atoms with Crippen LogP contribution in [0.5, 0.6) is 0 Å². The van der Waals surface area contributed by atoms with Crippen LogP contribution in [0.15, 0.2) is 0 Å². The van der Waals surface area contributed by atoms with Crippen LogP contribution >= 0.6 is 0 Å². The Morgan fingerprint density at radius 3 is 2.06 bits per heavy atom. The van der Waals surface area contributed by atoms with Gasteiger partial charge in [-0.05, 0) is 19.3 Å². The predicted molar refractivity (Wildman–Crippen MR) is 60.9 cm³/mol. The monoisotopic (exact) mass is 230 g/mol. The fourth-order valence-corrected chi connectivity index (χ4v) is 1.19. The minimum atomic E-state index is -0.330. The second-order valence-corrected chi connectivity index (χ2v) is 3.65. The van der Waals surface area contributed by atoms with Crippen LogP contribution in [-0.2, 0) is 19.1 Å². The molecule has 16 heavy (non-hydrogen) atoms. The van der Waals surface area contributed by atoms with Crippen molar-refractivity contribution in [3.05, 3.63) is 0 Å². The molecule has 0 amide bonds. The van der Waals surface area contributed by atoms with E-state index in [1.54, 1.807) is 0 Å². The number of ether oxygens (including phenoxy) is 2. The van der Waals surface area contributed by atoms with E-state index in [2.05, 4.69) is 0 Å².